The van der Waals surface area contributed by atoms with Gasteiger partial charge in [-0.05, 0) is 71.3 Å². The minimum absolute atomic E-state index is 0.0747. The van der Waals surface area contributed by atoms with Gasteiger partial charge in [-0.3, -0.25) is 4.79 Å². The van der Waals surface area contributed by atoms with Crippen molar-refractivity contribution in [3.05, 3.63) is 29.3 Å². The molecule has 4 rings (SSSR count). The predicted octanol–water partition coefficient (Wildman–Crippen LogP) is 4.68. The molecule has 3 aliphatic heterocycles. The van der Waals surface area contributed by atoms with Gasteiger partial charge in [0.1, 0.15) is 12.4 Å². The van der Waals surface area contributed by atoms with Crippen LogP contribution in [0.2, 0.25) is 0 Å². The van der Waals surface area contributed by atoms with Crippen LogP contribution in [0.15, 0.2) is 23.2 Å². The average Bonchev–Trinajstić information content (AvgIpc) is 3.47. The Balaban J connectivity index is 1.59. The Bertz CT molecular complexity index is 932. The number of aliphatic imine (C=N–C) groups is 1. The molecule has 0 unspecified atom stereocenters. The van der Waals surface area contributed by atoms with Gasteiger partial charge in [-0.2, -0.15) is 18.2 Å². The number of amides is 1. The molecule has 0 N–H and O–H groups in total. The summed E-state index contributed by atoms with van der Waals surface area (Å²) < 4.78 is 51.7. The topological polar surface area (TPSA) is 54.4 Å². The van der Waals surface area contributed by atoms with Crippen molar-refractivity contribution >= 4 is 22.8 Å². The second-order valence-electron chi connectivity index (χ2n) is 9.87. The van der Waals surface area contributed by atoms with Crippen molar-refractivity contribution in [1.82, 2.24) is 9.80 Å². The van der Waals surface area contributed by atoms with Gasteiger partial charge < -0.3 is 19.3 Å². The molecule has 3 saturated heterocycles. The van der Waals surface area contributed by atoms with E-state index in [-0.39, 0.29) is 28.2 Å². The quantitative estimate of drug-likeness (QED) is 0.567. The number of benzene rings is 1. The fraction of sp³-hybridized carbons (Fsp3) is 0.667. The number of nitrogens with zero attached hydrogens (tertiary/aromatic N) is 3. The molecule has 0 radical (unpaired) electrons. The van der Waals surface area contributed by atoms with E-state index in [2.05, 4.69) is 23.7 Å². The van der Waals surface area contributed by atoms with Crippen LogP contribution in [0.4, 0.5) is 13.2 Å². The van der Waals surface area contributed by atoms with E-state index < -0.39 is 17.6 Å². The van der Waals surface area contributed by atoms with Gasteiger partial charge in [0.2, 0.25) is 0 Å². The number of rotatable bonds is 6. The Kier molecular flexibility index (Phi) is 7.50. The summed E-state index contributed by atoms with van der Waals surface area (Å²) in [6, 6.07) is 3.22. The summed E-state index contributed by atoms with van der Waals surface area (Å²) in [7, 11) is 1.99. The zero-order valence-electron chi connectivity index (χ0n) is 19.9. The van der Waals surface area contributed by atoms with Gasteiger partial charge in [0.15, 0.2) is 5.17 Å². The largest absolute Gasteiger partial charge is 0.491 e. The molecule has 6 nitrogen and oxygen atoms in total. The van der Waals surface area contributed by atoms with Gasteiger partial charge in [0.25, 0.3) is 5.91 Å². The van der Waals surface area contributed by atoms with Crippen LogP contribution in [0.3, 0.4) is 0 Å². The molecule has 1 aromatic carbocycles. The number of thioether (sulfide) groups is 1. The van der Waals surface area contributed by atoms with Crippen LogP contribution in [-0.2, 0) is 10.9 Å². The Hall–Kier alpha value is -1.78. The fourth-order valence-corrected chi connectivity index (χ4v) is 5.78. The van der Waals surface area contributed by atoms with E-state index in [1.54, 1.807) is 0 Å². The van der Waals surface area contributed by atoms with Crippen molar-refractivity contribution in [2.45, 2.75) is 62.6 Å². The van der Waals surface area contributed by atoms with E-state index in [1.807, 2.05) is 11.9 Å². The molecule has 0 spiro atoms. The zero-order chi connectivity index (χ0) is 24.5. The predicted molar refractivity (Wildman–Crippen MR) is 127 cm³/mol. The van der Waals surface area contributed by atoms with Gasteiger partial charge in [-0.25, -0.2) is 0 Å². The monoisotopic (exact) mass is 499 g/mol. The molecule has 0 aromatic heterocycles. The van der Waals surface area contributed by atoms with Crippen molar-refractivity contribution in [3.63, 3.8) is 0 Å². The maximum Gasteiger partial charge on any atom is 0.416 e. The lowest BCUT2D eigenvalue weighted by molar-refractivity contribution is -0.137. The molecule has 0 bridgehead atoms. The molecular formula is C24H32F3N3O3S. The molecule has 1 aromatic rings. The van der Waals surface area contributed by atoms with Crippen molar-refractivity contribution in [2.75, 3.05) is 39.9 Å². The molecular weight excluding hydrogens is 467 g/mol. The summed E-state index contributed by atoms with van der Waals surface area (Å²) in [6.07, 6.45) is -0.545. The average molecular weight is 500 g/mol. The Morgan fingerprint density at radius 2 is 2.09 bits per heavy atom. The van der Waals surface area contributed by atoms with Gasteiger partial charge in [-0.15, -0.1) is 0 Å². The molecule has 10 heteroatoms. The SMILES string of the molecule is CN1CCC[C@H]1COc1ccc(C(F)(F)F)cc1C(=O)/N=C1\SC(C)(C)CN1C[C@H]1CCCO1. The van der Waals surface area contributed by atoms with Crippen LogP contribution in [0.5, 0.6) is 5.75 Å². The minimum Gasteiger partial charge on any atom is -0.491 e. The third kappa shape index (κ3) is 6.07. The van der Waals surface area contributed by atoms with E-state index in [0.29, 0.717) is 24.9 Å². The van der Waals surface area contributed by atoms with E-state index in [4.69, 9.17) is 9.47 Å². The summed E-state index contributed by atoms with van der Waals surface area (Å²) >= 11 is 1.46. The van der Waals surface area contributed by atoms with Crippen molar-refractivity contribution in [1.29, 1.82) is 0 Å². The van der Waals surface area contributed by atoms with Gasteiger partial charge in [0.05, 0.1) is 17.2 Å². The van der Waals surface area contributed by atoms with Gasteiger partial charge >= 0.3 is 6.18 Å². The number of hydrogen-bond acceptors (Lipinski definition) is 5. The third-order valence-corrected chi connectivity index (χ3v) is 7.71. The molecule has 188 valence electrons. The van der Waals surface area contributed by atoms with Crippen LogP contribution in [0.25, 0.3) is 0 Å². The molecule has 3 fully saturated rings. The highest BCUT2D eigenvalue weighted by molar-refractivity contribution is 8.15. The lowest BCUT2D eigenvalue weighted by atomic mass is 10.1. The lowest BCUT2D eigenvalue weighted by Gasteiger charge is -2.23. The van der Waals surface area contributed by atoms with Gasteiger partial charge in [0, 0.05) is 30.5 Å². The van der Waals surface area contributed by atoms with E-state index in [0.717, 1.165) is 51.0 Å². The first-order valence-electron chi connectivity index (χ1n) is 11.7. The zero-order valence-corrected chi connectivity index (χ0v) is 20.7. The molecule has 1 amide bonds. The smallest absolute Gasteiger partial charge is 0.416 e. The summed E-state index contributed by atoms with van der Waals surface area (Å²) in [5, 5.41) is 0.518. The molecule has 0 saturated carbocycles. The maximum atomic E-state index is 13.4. The van der Waals surface area contributed by atoms with Crippen LogP contribution in [0, 0.1) is 0 Å². The lowest BCUT2D eigenvalue weighted by Crippen LogP contribution is -2.35. The van der Waals surface area contributed by atoms with Crippen LogP contribution >= 0.6 is 11.8 Å². The highest BCUT2D eigenvalue weighted by Gasteiger charge is 2.38. The van der Waals surface area contributed by atoms with E-state index in [1.165, 1.54) is 17.8 Å². The maximum absolute atomic E-state index is 13.4. The van der Waals surface area contributed by atoms with Gasteiger partial charge in [-0.1, -0.05) is 11.8 Å². The second kappa shape index (κ2) is 10.1. The Labute approximate surface area is 202 Å². The number of halogens is 3. The first-order valence-corrected chi connectivity index (χ1v) is 12.6. The fourth-order valence-electron chi connectivity index (χ4n) is 4.66. The van der Waals surface area contributed by atoms with Crippen molar-refractivity contribution < 1.29 is 27.4 Å². The summed E-state index contributed by atoms with van der Waals surface area (Å²) in [5.74, 6) is -0.589. The van der Waals surface area contributed by atoms with Crippen molar-refractivity contribution in [3.8, 4) is 5.75 Å². The first kappa shape index (κ1) is 25.3. The van der Waals surface area contributed by atoms with Crippen LogP contribution < -0.4 is 4.74 Å². The molecule has 34 heavy (non-hydrogen) atoms. The molecule has 2 atom stereocenters. The summed E-state index contributed by atoms with van der Waals surface area (Å²) in [5.41, 5.74) is -1.05. The normalized spacial score (nSPS) is 26.5. The number of amidine groups is 1. The van der Waals surface area contributed by atoms with Crippen LogP contribution in [-0.4, -0.2) is 77.7 Å². The highest BCUT2D eigenvalue weighted by Crippen LogP contribution is 2.37. The molecule has 3 aliphatic rings. The number of likely N-dealkylation sites (tertiary alicyclic amines) is 1. The number of likely N-dealkylation sites (N-methyl/N-ethyl adjacent to an activating group) is 1. The van der Waals surface area contributed by atoms with E-state index >= 15 is 0 Å². The number of carbonyl (C=O) groups is 1. The highest BCUT2D eigenvalue weighted by atomic mass is 32.2. The Morgan fingerprint density at radius 1 is 1.29 bits per heavy atom. The molecule has 3 heterocycles. The Morgan fingerprint density at radius 3 is 2.74 bits per heavy atom. The number of hydrogen-bond donors (Lipinski definition) is 0. The standard InChI is InChI=1S/C24H32F3N3O3S/c1-23(2)15-30(13-18-7-5-11-32-18)22(34-23)28-21(31)19-12-16(24(25,26)27)8-9-20(19)33-14-17-6-4-10-29(17)3/h8-9,12,17-18H,4-7,10-11,13-15H2,1-3H3/b28-22-/t17-,18+/m0/s1. The molecule has 0 aliphatic carbocycles. The van der Waals surface area contributed by atoms with E-state index in [9.17, 15) is 18.0 Å². The number of ether oxygens (including phenoxy) is 2. The second-order valence-corrected chi connectivity index (χ2v) is 11.5. The number of alkyl halides is 3. The van der Waals surface area contributed by atoms with Crippen LogP contribution in [0.1, 0.15) is 55.5 Å². The third-order valence-electron chi connectivity index (χ3n) is 6.49. The summed E-state index contributed by atoms with van der Waals surface area (Å²) in [4.78, 5) is 21.7. The number of carbonyl (C=O) groups excluding carboxylic acids is 1. The minimum atomic E-state index is -4.57. The summed E-state index contributed by atoms with van der Waals surface area (Å²) in [6.45, 7) is 7.40. The first-order chi connectivity index (χ1) is 16.0. The van der Waals surface area contributed by atoms with Crippen molar-refractivity contribution in [2.24, 2.45) is 4.99 Å².